The first-order valence-electron chi connectivity index (χ1n) is 15.0. The number of carbonyl (C=O) groups excluding carboxylic acids is 2. The molecule has 6 nitrogen and oxygen atoms in total. The van der Waals surface area contributed by atoms with Crippen molar-refractivity contribution in [1.82, 2.24) is 0 Å². The number of esters is 2. The maximum atomic E-state index is 14.6. The lowest BCUT2D eigenvalue weighted by Crippen LogP contribution is -2.09. The molecule has 1 atom stereocenters. The predicted octanol–water partition coefficient (Wildman–Crippen LogP) is 8.43. The molecule has 0 fully saturated rings. The lowest BCUT2D eigenvalue weighted by molar-refractivity contribution is -0.135. The zero-order valence-corrected chi connectivity index (χ0v) is 26.1. The first-order valence-corrected chi connectivity index (χ1v) is 15.6. The first-order chi connectivity index (χ1) is 21.9. The van der Waals surface area contributed by atoms with E-state index in [4.69, 9.17) is 20.0 Å². The maximum absolute atomic E-state index is 14.6. The average molecular weight is 621 g/mol. The normalized spacial score (nSPS) is 10.5. The van der Waals surface area contributed by atoms with Gasteiger partial charge >= 0.3 is 11.9 Å². The molecule has 0 N–H and O–H groups in total. The lowest BCUT2D eigenvalue weighted by atomic mass is 10.0. The van der Waals surface area contributed by atoms with Crippen LogP contribution in [-0.4, -0.2) is 11.9 Å². The molecule has 4 aromatic rings. The van der Waals surface area contributed by atoms with Gasteiger partial charge in [-0.15, -0.1) is 9.24 Å². The average Bonchev–Trinajstić information content (AvgIpc) is 3.04. The molecule has 0 heterocycles. The van der Waals surface area contributed by atoms with Gasteiger partial charge in [-0.05, 0) is 83.4 Å². The third-order valence-electron chi connectivity index (χ3n) is 7.34. The minimum absolute atomic E-state index is 0.169. The number of nitriles is 2. The third kappa shape index (κ3) is 10.1. The summed E-state index contributed by atoms with van der Waals surface area (Å²) in [4.78, 5) is 24.5. The highest BCUT2D eigenvalue weighted by Crippen LogP contribution is 2.27. The molecule has 0 saturated carbocycles. The Balaban J connectivity index is 1.06. The lowest BCUT2D eigenvalue weighted by Gasteiger charge is -2.10. The summed E-state index contributed by atoms with van der Waals surface area (Å²) in [5.74, 6) is -0.472. The van der Waals surface area contributed by atoms with Gasteiger partial charge in [-0.3, -0.25) is 9.59 Å². The van der Waals surface area contributed by atoms with Gasteiger partial charge in [-0.2, -0.15) is 10.5 Å². The number of halogens is 1. The second-order valence-electron chi connectivity index (χ2n) is 10.7. The standard InChI is InChI=1S/C37H34FN2O4P/c38-34-22-30(18-20-32(34)28-14-10-26(24-39)11-15-28)43-36(41)8-6-4-2-1-3-5-7-9-37(42)44-31-19-21-33(35(45)23-31)29-16-12-27(25-40)13-17-29/h10-23H,1-9,45H2. The van der Waals surface area contributed by atoms with Crippen LogP contribution in [0.3, 0.4) is 0 Å². The molecule has 228 valence electrons. The van der Waals surface area contributed by atoms with Gasteiger partial charge < -0.3 is 9.47 Å². The fourth-order valence-corrected chi connectivity index (χ4v) is 5.32. The third-order valence-corrected chi connectivity index (χ3v) is 7.82. The Morgan fingerprint density at radius 2 is 1.02 bits per heavy atom. The number of carbonyl (C=O) groups is 2. The van der Waals surface area contributed by atoms with Crippen LogP contribution in [0.5, 0.6) is 11.5 Å². The van der Waals surface area contributed by atoms with Crippen molar-refractivity contribution in [2.45, 2.75) is 57.8 Å². The molecule has 45 heavy (non-hydrogen) atoms. The van der Waals surface area contributed by atoms with Crippen molar-refractivity contribution >= 4 is 26.5 Å². The van der Waals surface area contributed by atoms with Gasteiger partial charge in [0.25, 0.3) is 0 Å². The maximum Gasteiger partial charge on any atom is 0.311 e. The largest absolute Gasteiger partial charge is 0.427 e. The molecule has 4 aromatic carbocycles. The molecule has 0 aliphatic rings. The molecule has 0 aromatic heterocycles. The van der Waals surface area contributed by atoms with Crippen LogP contribution in [0.15, 0.2) is 84.9 Å². The summed E-state index contributed by atoms with van der Waals surface area (Å²) in [5.41, 5.74) is 4.09. The van der Waals surface area contributed by atoms with Gasteiger partial charge in [0.1, 0.15) is 17.3 Å². The number of unbranched alkanes of at least 4 members (excludes halogenated alkanes) is 6. The summed E-state index contributed by atoms with van der Waals surface area (Å²) in [7, 11) is 2.67. The van der Waals surface area contributed by atoms with E-state index in [2.05, 4.69) is 15.3 Å². The molecule has 0 aliphatic carbocycles. The summed E-state index contributed by atoms with van der Waals surface area (Å²) in [6.45, 7) is 0. The minimum Gasteiger partial charge on any atom is -0.427 e. The van der Waals surface area contributed by atoms with Gasteiger partial charge in [0, 0.05) is 24.5 Å². The van der Waals surface area contributed by atoms with E-state index in [0.29, 0.717) is 40.8 Å². The van der Waals surface area contributed by atoms with E-state index in [-0.39, 0.29) is 18.1 Å². The van der Waals surface area contributed by atoms with E-state index in [0.717, 1.165) is 55.0 Å². The van der Waals surface area contributed by atoms with Crippen LogP contribution in [0.4, 0.5) is 4.39 Å². The van der Waals surface area contributed by atoms with Crippen molar-refractivity contribution < 1.29 is 23.5 Å². The Morgan fingerprint density at radius 3 is 1.47 bits per heavy atom. The smallest absolute Gasteiger partial charge is 0.311 e. The van der Waals surface area contributed by atoms with E-state index in [1.54, 1.807) is 54.6 Å². The number of rotatable bonds is 14. The number of hydrogen-bond acceptors (Lipinski definition) is 6. The number of benzene rings is 4. The SMILES string of the molecule is N#Cc1ccc(-c2ccc(OC(=O)CCCCCCCCCC(=O)Oc3ccc(-c4ccc(C#N)cc4)c(P)c3)cc2F)cc1. The Bertz CT molecular complexity index is 1580. The van der Waals surface area contributed by atoms with Crippen LogP contribution in [-0.2, 0) is 9.59 Å². The summed E-state index contributed by atoms with van der Waals surface area (Å²) in [6, 6.07) is 27.9. The second kappa shape index (κ2) is 16.9. The van der Waals surface area contributed by atoms with Crippen LogP contribution >= 0.6 is 9.24 Å². The zero-order chi connectivity index (χ0) is 32.0. The molecule has 0 amide bonds. The molecular formula is C37H34FN2O4P. The van der Waals surface area contributed by atoms with E-state index in [9.17, 15) is 14.0 Å². The van der Waals surface area contributed by atoms with Crippen LogP contribution in [0.25, 0.3) is 22.3 Å². The highest BCUT2D eigenvalue weighted by molar-refractivity contribution is 7.28. The van der Waals surface area contributed by atoms with Crippen molar-refractivity contribution in [2.24, 2.45) is 0 Å². The van der Waals surface area contributed by atoms with Crippen LogP contribution in [0.2, 0.25) is 0 Å². The van der Waals surface area contributed by atoms with Crippen molar-refractivity contribution in [3.05, 3.63) is 102 Å². The highest BCUT2D eigenvalue weighted by Gasteiger charge is 2.11. The van der Waals surface area contributed by atoms with Gasteiger partial charge in [0.05, 0.1) is 23.3 Å². The molecule has 0 spiro atoms. The monoisotopic (exact) mass is 620 g/mol. The van der Waals surface area contributed by atoms with E-state index < -0.39 is 11.8 Å². The van der Waals surface area contributed by atoms with Crippen LogP contribution < -0.4 is 14.8 Å². The molecule has 0 saturated heterocycles. The van der Waals surface area contributed by atoms with Crippen LogP contribution in [0, 0.1) is 28.5 Å². The van der Waals surface area contributed by atoms with Crippen molar-refractivity contribution in [2.75, 3.05) is 0 Å². The molecular weight excluding hydrogens is 586 g/mol. The summed E-state index contributed by atoms with van der Waals surface area (Å²) in [5, 5.41) is 18.8. The second-order valence-corrected chi connectivity index (χ2v) is 11.3. The van der Waals surface area contributed by atoms with Crippen LogP contribution in [0.1, 0.15) is 68.9 Å². The molecule has 4 rings (SSSR count). The quantitative estimate of drug-likeness (QED) is 0.0607. The molecule has 0 aliphatic heterocycles. The van der Waals surface area contributed by atoms with E-state index in [1.807, 2.05) is 30.3 Å². The van der Waals surface area contributed by atoms with E-state index in [1.165, 1.54) is 6.07 Å². The summed E-state index contributed by atoms with van der Waals surface area (Å²) < 4.78 is 25.4. The van der Waals surface area contributed by atoms with Gasteiger partial charge in [0.15, 0.2) is 0 Å². The molecule has 8 heteroatoms. The topological polar surface area (TPSA) is 100 Å². The number of ether oxygens (including phenoxy) is 2. The van der Waals surface area contributed by atoms with Crippen molar-refractivity contribution in [3.63, 3.8) is 0 Å². The Morgan fingerprint density at radius 1 is 0.600 bits per heavy atom. The zero-order valence-electron chi connectivity index (χ0n) is 24.9. The Hall–Kier alpha value is -4.84. The molecule has 1 unspecified atom stereocenters. The van der Waals surface area contributed by atoms with Crippen molar-refractivity contribution in [1.29, 1.82) is 10.5 Å². The van der Waals surface area contributed by atoms with Gasteiger partial charge in [-0.1, -0.05) is 62.4 Å². The highest BCUT2D eigenvalue weighted by atomic mass is 31.0. The van der Waals surface area contributed by atoms with E-state index >= 15 is 0 Å². The fraction of sp³-hybridized carbons (Fsp3) is 0.243. The van der Waals surface area contributed by atoms with Gasteiger partial charge in [-0.25, -0.2) is 4.39 Å². The fourth-order valence-electron chi connectivity index (χ4n) is 4.90. The minimum atomic E-state index is -0.498. The number of nitrogens with zero attached hydrogens (tertiary/aromatic N) is 2. The van der Waals surface area contributed by atoms with Gasteiger partial charge in [0.2, 0.25) is 0 Å². The summed E-state index contributed by atoms with van der Waals surface area (Å²) in [6.07, 6.45) is 6.86. The number of hydrogen-bond donors (Lipinski definition) is 0. The molecule has 0 bridgehead atoms. The molecule has 0 radical (unpaired) electrons. The predicted molar refractivity (Wildman–Crippen MR) is 175 cm³/mol. The first kappa shape index (κ1) is 33.1. The Labute approximate surface area is 265 Å². The van der Waals surface area contributed by atoms with Crippen molar-refractivity contribution in [3.8, 4) is 45.9 Å². The summed E-state index contributed by atoms with van der Waals surface area (Å²) >= 11 is 0. The Kier molecular flexibility index (Phi) is 12.4.